The highest BCUT2D eigenvalue weighted by Gasteiger charge is 2.41. The summed E-state index contributed by atoms with van der Waals surface area (Å²) in [5.41, 5.74) is 0.692. The normalized spacial score (nSPS) is 30.7. The van der Waals surface area contributed by atoms with Gasteiger partial charge >= 0.3 is 0 Å². The van der Waals surface area contributed by atoms with Gasteiger partial charge in [-0.2, -0.15) is 0 Å². The molecule has 1 saturated carbocycles. The minimum Gasteiger partial charge on any atom is -0.380 e. The summed E-state index contributed by atoms with van der Waals surface area (Å²) in [6.07, 6.45) is 6.85. The van der Waals surface area contributed by atoms with Gasteiger partial charge in [0.05, 0.1) is 6.61 Å². The zero-order valence-electron chi connectivity index (χ0n) is 8.64. The van der Waals surface area contributed by atoms with Gasteiger partial charge in [0.1, 0.15) is 0 Å². The first-order valence-electron chi connectivity index (χ1n) is 5.66. The lowest BCUT2D eigenvalue weighted by molar-refractivity contribution is 0.188. The van der Waals surface area contributed by atoms with Crippen molar-refractivity contribution in [2.45, 2.75) is 45.1 Å². The molecule has 2 rings (SSSR count). The van der Waals surface area contributed by atoms with Gasteiger partial charge < -0.3 is 10.1 Å². The average Bonchev–Trinajstić information content (AvgIpc) is 2.71. The van der Waals surface area contributed by atoms with E-state index in [0.717, 1.165) is 13.2 Å². The summed E-state index contributed by atoms with van der Waals surface area (Å²) in [7, 11) is 0. The number of hydrogen-bond acceptors (Lipinski definition) is 2. The van der Waals surface area contributed by atoms with Crippen LogP contribution >= 0.6 is 0 Å². The van der Waals surface area contributed by atoms with Crippen LogP contribution in [0.4, 0.5) is 0 Å². The standard InChI is InChI=1S/C11H21NO/c1-2-4-11(5-6-11)9-12-10-3-7-13-8-10/h10,12H,2-9H2,1H3. The number of nitrogens with one attached hydrogen (secondary N) is 1. The van der Waals surface area contributed by atoms with Gasteiger partial charge in [0.15, 0.2) is 0 Å². The number of ether oxygens (including phenoxy) is 1. The smallest absolute Gasteiger partial charge is 0.0620 e. The Morgan fingerprint density at radius 1 is 1.46 bits per heavy atom. The van der Waals surface area contributed by atoms with Crippen LogP contribution in [0.5, 0.6) is 0 Å². The Morgan fingerprint density at radius 3 is 2.85 bits per heavy atom. The monoisotopic (exact) mass is 183 g/mol. The molecular weight excluding hydrogens is 162 g/mol. The molecular formula is C11H21NO. The fourth-order valence-electron chi connectivity index (χ4n) is 2.28. The third-order valence-corrected chi connectivity index (χ3v) is 3.43. The molecule has 0 amide bonds. The average molecular weight is 183 g/mol. The quantitative estimate of drug-likeness (QED) is 0.703. The lowest BCUT2D eigenvalue weighted by atomic mass is 10.0. The van der Waals surface area contributed by atoms with Crippen LogP contribution in [-0.2, 0) is 4.74 Å². The van der Waals surface area contributed by atoms with Crippen molar-refractivity contribution in [2.24, 2.45) is 5.41 Å². The van der Waals surface area contributed by atoms with Crippen molar-refractivity contribution in [3.8, 4) is 0 Å². The molecule has 0 spiro atoms. The molecule has 1 aliphatic heterocycles. The van der Waals surface area contributed by atoms with E-state index < -0.39 is 0 Å². The summed E-state index contributed by atoms with van der Waals surface area (Å²) < 4.78 is 5.34. The highest BCUT2D eigenvalue weighted by Crippen LogP contribution is 2.49. The molecule has 2 nitrogen and oxygen atoms in total. The van der Waals surface area contributed by atoms with Crippen molar-refractivity contribution in [3.05, 3.63) is 0 Å². The van der Waals surface area contributed by atoms with Gasteiger partial charge in [0, 0.05) is 19.2 Å². The van der Waals surface area contributed by atoms with Gasteiger partial charge in [-0.3, -0.25) is 0 Å². The van der Waals surface area contributed by atoms with Crippen LogP contribution in [0.1, 0.15) is 39.0 Å². The lowest BCUT2D eigenvalue weighted by Crippen LogP contribution is -2.34. The van der Waals surface area contributed by atoms with Gasteiger partial charge in [-0.15, -0.1) is 0 Å². The Bertz CT molecular complexity index is 159. The summed E-state index contributed by atoms with van der Waals surface area (Å²) in [5.74, 6) is 0. The van der Waals surface area contributed by atoms with E-state index in [1.165, 1.54) is 38.6 Å². The predicted molar refractivity (Wildman–Crippen MR) is 53.8 cm³/mol. The third-order valence-electron chi connectivity index (χ3n) is 3.43. The molecule has 1 heterocycles. The predicted octanol–water partition coefficient (Wildman–Crippen LogP) is 1.95. The molecule has 0 radical (unpaired) electrons. The zero-order chi connectivity index (χ0) is 9.15. The highest BCUT2D eigenvalue weighted by molar-refractivity contribution is 4.95. The SMILES string of the molecule is CCCC1(CNC2CCOC2)CC1. The molecule has 0 aromatic rings. The molecule has 1 aliphatic carbocycles. The molecule has 76 valence electrons. The van der Waals surface area contributed by atoms with Crippen LogP contribution in [0.15, 0.2) is 0 Å². The summed E-state index contributed by atoms with van der Waals surface area (Å²) in [6.45, 7) is 5.41. The van der Waals surface area contributed by atoms with Gasteiger partial charge in [-0.05, 0) is 31.1 Å². The molecule has 1 unspecified atom stereocenters. The Labute approximate surface area is 81.0 Å². The van der Waals surface area contributed by atoms with E-state index in [2.05, 4.69) is 12.2 Å². The molecule has 2 heteroatoms. The van der Waals surface area contributed by atoms with E-state index >= 15 is 0 Å². The fourth-order valence-corrected chi connectivity index (χ4v) is 2.28. The van der Waals surface area contributed by atoms with E-state index in [1.807, 2.05) is 0 Å². The van der Waals surface area contributed by atoms with Crippen molar-refractivity contribution in [1.82, 2.24) is 5.32 Å². The first kappa shape index (κ1) is 9.47. The Hall–Kier alpha value is -0.0800. The molecule has 0 aromatic heterocycles. The van der Waals surface area contributed by atoms with Gasteiger partial charge in [-0.1, -0.05) is 13.3 Å². The van der Waals surface area contributed by atoms with Crippen molar-refractivity contribution < 1.29 is 4.74 Å². The van der Waals surface area contributed by atoms with E-state index in [-0.39, 0.29) is 0 Å². The fraction of sp³-hybridized carbons (Fsp3) is 1.00. The van der Waals surface area contributed by atoms with Gasteiger partial charge in [-0.25, -0.2) is 0 Å². The van der Waals surface area contributed by atoms with Gasteiger partial charge in [0.2, 0.25) is 0 Å². The second-order valence-corrected chi connectivity index (χ2v) is 4.69. The molecule has 1 saturated heterocycles. The Morgan fingerprint density at radius 2 is 2.31 bits per heavy atom. The first-order chi connectivity index (χ1) is 6.35. The van der Waals surface area contributed by atoms with Crippen LogP contribution in [-0.4, -0.2) is 25.8 Å². The molecule has 13 heavy (non-hydrogen) atoms. The number of rotatable bonds is 5. The Kier molecular flexibility index (Phi) is 2.89. The third kappa shape index (κ3) is 2.44. The van der Waals surface area contributed by atoms with Crippen LogP contribution < -0.4 is 5.32 Å². The topological polar surface area (TPSA) is 21.3 Å². The summed E-state index contributed by atoms with van der Waals surface area (Å²) >= 11 is 0. The summed E-state index contributed by atoms with van der Waals surface area (Å²) in [6, 6.07) is 0.648. The zero-order valence-corrected chi connectivity index (χ0v) is 8.64. The van der Waals surface area contributed by atoms with E-state index in [1.54, 1.807) is 0 Å². The van der Waals surface area contributed by atoms with Crippen LogP contribution in [0.3, 0.4) is 0 Å². The lowest BCUT2D eigenvalue weighted by Gasteiger charge is -2.17. The van der Waals surface area contributed by atoms with E-state index in [9.17, 15) is 0 Å². The Balaban J connectivity index is 1.66. The van der Waals surface area contributed by atoms with Crippen LogP contribution in [0.25, 0.3) is 0 Å². The maximum absolute atomic E-state index is 5.34. The molecule has 1 N–H and O–H groups in total. The molecule has 2 aliphatic rings. The maximum atomic E-state index is 5.34. The molecule has 1 atom stereocenters. The maximum Gasteiger partial charge on any atom is 0.0620 e. The first-order valence-corrected chi connectivity index (χ1v) is 5.66. The second-order valence-electron chi connectivity index (χ2n) is 4.69. The number of hydrogen-bond donors (Lipinski definition) is 1. The molecule has 0 aromatic carbocycles. The van der Waals surface area contributed by atoms with E-state index in [4.69, 9.17) is 4.74 Å². The van der Waals surface area contributed by atoms with Crippen molar-refractivity contribution >= 4 is 0 Å². The molecule has 2 fully saturated rings. The minimum absolute atomic E-state index is 0.648. The highest BCUT2D eigenvalue weighted by atomic mass is 16.5. The second kappa shape index (κ2) is 3.97. The minimum atomic E-state index is 0.648. The summed E-state index contributed by atoms with van der Waals surface area (Å²) in [4.78, 5) is 0. The van der Waals surface area contributed by atoms with Crippen LogP contribution in [0.2, 0.25) is 0 Å². The summed E-state index contributed by atoms with van der Waals surface area (Å²) in [5, 5.41) is 3.64. The largest absolute Gasteiger partial charge is 0.380 e. The van der Waals surface area contributed by atoms with E-state index in [0.29, 0.717) is 11.5 Å². The van der Waals surface area contributed by atoms with Crippen molar-refractivity contribution in [2.75, 3.05) is 19.8 Å². The van der Waals surface area contributed by atoms with Crippen molar-refractivity contribution in [3.63, 3.8) is 0 Å². The van der Waals surface area contributed by atoms with Gasteiger partial charge in [0.25, 0.3) is 0 Å². The van der Waals surface area contributed by atoms with Crippen molar-refractivity contribution in [1.29, 1.82) is 0 Å². The molecule has 0 bridgehead atoms. The van der Waals surface area contributed by atoms with Crippen LogP contribution in [0, 0.1) is 5.41 Å².